The van der Waals surface area contributed by atoms with E-state index in [1.54, 1.807) is 0 Å². The molecular weight excluding hydrogens is 558 g/mol. The predicted molar refractivity (Wildman–Crippen MR) is 187 cm³/mol. The Bertz CT molecular complexity index is 1200. The van der Waals surface area contributed by atoms with Crippen LogP contribution < -0.4 is 9.47 Å². The van der Waals surface area contributed by atoms with E-state index in [0.717, 1.165) is 54.2 Å². The molecule has 3 aromatic carbocycles. The minimum Gasteiger partial charge on any atom is -0.494 e. The van der Waals surface area contributed by atoms with E-state index in [9.17, 15) is 4.79 Å². The highest BCUT2D eigenvalue weighted by atomic mass is 16.5. The number of esters is 1. The molecule has 0 aromatic heterocycles. The summed E-state index contributed by atoms with van der Waals surface area (Å²) in [6.07, 6.45) is 21.2. The van der Waals surface area contributed by atoms with Gasteiger partial charge < -0.3 is 14.2 Å². The van der Waals surface area contributed by atoms with E-state index in [2.05, 4.69) is 18.8 Å². The van der Waals surface area contributed by atoms with Gasteiger partial charge in [0.05, 0.1) is 24.5 Å². The van der Waals surface area contributed by atoms with Crippen molar-refractivity contribution < 1.29 is 19.0 Å². The monoisotopic (exact) mass is 613 g/mol. The van der Waals surface area contributed by atoms with E-state index in [-0.39, 0.29) is 5.97 Å². The normalized spacial score (nSPS) is 11.2. The van der Waals surface area contributed by atoms with Crippen molar-refractivity contribution in [3.05, 3.63) is 89.5 Å². The first kappa shape index (κ1) is 35.9. The topological polar surface area (TPSA) is 57.1 Å². The number of rotatable bonds is 24. The van der Waals surface area contributed by atoms with Crippen LogP contribution in [0.5, 0.6) is 11.5 Å². The number of carbonyl (C=O) groups is 1. The van der Waals surface area contributed by atoms with Gasteiger partial charge in [-0.05, 0) is 84.6 Å². The van der Waals surface area contributed by atoms with E-state index in [4.69, 9.17) is 14.2 Å². The first-order chi connectivity index (χ1) is 22.2. The third-order valence-corrected chi connectivity index (χ3v) is 7.88. The molecule has 45 heavy (non-hydrogen) atoms. The van der Waals surface area contributed by atoms with Crippen LogP contribution in [-0.2, 0) is 11.3 Å². The molecule has 0 unspecified atom stereocenters. The van der Waals surface area contributed by atoms with E-state index in [1.165, 1.54) is 77.0 Å². The van der Waals surface area contributed by atoms with Gasteiger partial charge >= 0.3 is 5.97 Å². The summed E-state index contributed by atoms with van der Waals surface area (Å²) in [6, 6.07) is 23.1. The fraction of sp³-hybridized carbons (Fsp3) is 0.500. The van der Waals surface area contributed by atoms with Gasteiger partial charge in [-0.15, -0.1) is 0 Å². The fourth-order valence-corrected chi connectivity index (χ4v) is 5.10. The lowest BCUT2D eigenvalue weighted by atomic mass is 10.0. The number of aliphatic imine (C=N–C) groups is 1. The zero-order chi connectivity index (χ0) is 31.8. The van der Waals surface area contributed by atoms with Crippen LogP contribution in [0.25, 0.3) is 0 Å². The molecule has 5 nitrogen and oxygen atoms in total. The zero-order valence-electron chi connectivity index (χ0n) is 27.8. The lowest BCUT2D eigenvalue weighted by Crippen LogP contribution is -2.06. The smallest absolute Gasteiger partial charge is 0.338 e. The summed E-state index contributed by atoms with van der Waals surface area (Å²) in [5.74, 6) is 1.39. The van der Waals surface area contributed by atoms with Crippen molar-refractivity contribution in [3.63, 3.8) is 0 Å². The lowest BCUT2D eigenvalue weighted by molar-refractivity contribution is 0.0497. The number of carbonyl (C=O) groups excluding carboxylic acids is 1. The molecule has 0 fully saturated rings. The van der Waals surface area contributed by atoms with Gasteiger partial charge in [0, 0.05) is 6.21 Å². The van der Waals surface area contributed by atoms with Crippen LogP contribution in [0.1, 0.15) is 132 Å². The van der Waals surface area contributed by atoms with Gasteiger partial charge in [0.2, 0.25) is 0 Å². The summed E-state index contributed by atoms with van der Waals surface area (Å²) in [5, 5.41) is 0. The molecule has 0 aliphatic rings. The Morgan fingerprint density at radius 1 is 0.578 bits per heavy atom. The first-order valence-electron chi connectivity index (χ1n) is 17.4. The molecular formula is C40H55NO4. The van der Waals surface area contributed by atoms with E-state index in [0.29, 0.717) is 18.8 Å². The lowest BCUT2D eigenvalue weighted by Gasteiger charge is -2.08. The molecule has 0 N–H and O–H groups in total. The molecule has 0 heterocycles. The van der Waals surface area contributed by atoms with Gasteiger partial charge in [-0.1, -0.05) is 109 Å². The number of hydrogen-bond acceptors (Lipinski definition) is 5. The van der Waals surface area contributed by atoms with Gasteiger partial charge in [-0.2, -0.15) is 0 Å². The van der Waals surface area contributed by atoms with Crippen molar-refractivity contribution in [2.45, 2.75) is 117 Å². The van der Waals surface area contributed by atoms with Crippen molar-refractivity contribution in [3.8, 4) is 11.5 Å². The second-order valence-corrected chi connectivity index (χ2v) is 11.9. The highest BCUT2D eigenvalue weighted by Crippen LogP contribution is 2.19. The average molecular weight is 614 g/mol. The minimum absolute atomic E-state index is 0.254. The Morgan fingerprint density at radius 2 is 1.11 bits per heavy atom. The molecule has 3 aromatic rings. The molecule has 0 bridgehead atoms. The van der Waals surface area contributed by atoms with Crippen LogP contribution in [0.2, 0.25) is 0 Å². The van der Waals surface area contributed by atoms with E-state index in [1.807, 2.05) is 79.0 Å². The summed E-state index contributed by atoms with van der Waals surface area (Å²) >= 11 is 0. The summed E-state index contributed by atoms with van der Waals surface area (Å²) in [4.78, 5) is 17.0. The maximum Gasteiger partial charge on any atom is 0.338 e. The van der Waals surface area contributed by atoms with Crippen LogP contribution in [0.15, 0.2) is 77.8 Å². The average Bonchev–Trinajstić information content (AvgIpc) is 3.08. The minimum atomic E-state index is -0.254. The fourth-order valence-electron chi connectivity index (χ4n) is 5.10. The second-order valence-electron chi connectivity index (χ2n) is 11.9. The highest BCUT2D eigenvalue weighted by Gasteiger charge is 2.07. The number of unbranched alkanes of at least 4 members (excludes halogenated alkanes) is 13. The molecule has 0 amide bonds. The Morgan fingerprint density at radius 3 is 1.69 bits per heavy atom. The maximum atomic E-state index is 12.4. The summed E-state index contributed by atoms with van der Waals surface area (Å²) < 4.78 is 17.1. The van der Waals surface area contributed by atoms with Crippen molar-refractivity contribution in [2.24, 2.45) is 4.99 Å². The van der Waals surface area contributed by atoms with Crippen LogP contribution in [0.3, 0.4) is 0 Å². The SMILES string of the molecule is CCCCCCCCCCCCCCCCOC(=O)c1ccc(COc2ccc(C=Nc3ccc(OCCC)cc3)cc2)cc1. The Labute approximate surface area is 272 Å². The third kappa shape index (κ3) is 15.8. The van der Waals surface area contributed by atoms with E-state index < -0.39 is 0 Å². The predicted octanol–water partition coefficient (Wildman–Crippen LogP) is 11.4. The summed E-state index contributed by atoms with van der Waals surface area (Å²) in [7, 11) is 0. The Balaban J connectivity index is 1.23. The molecule has 3 rings (SSSR count). The standard InChI is InChI=1S/C40H55NO4/c1-3-5-6-7-8-9-10-11-12-13-14-15-16-17-31-44-40(42)36-22-18-35(19-23-36)33-45-39-26-20-34(21-27-39)32-41-37-24-28-38(29-25-37)43-30-4-2/h18-29,32H,3-17,30-31,33H2,1-2H3. The molecule has 0 saturated carbocycles. The number of nitrogens with zero attached hydrogens (tertiary/aromatic N) is 1. The van der Waals surface area contributed by atoms with E-state index >= 15 is 0 Å². The number of ether oxygens (including phenoxy) is 3. The third-order valence-electron chi connectivity index (χ3n) is 7.88. The van der Waals surface area contributed by atoms with Gasteiger partial charge in [0.1, 0.15) is 18.1 Å². The molecule has 0 radical (unpaired) electrons. The van der Waals surface area contributed by atoms with Gasteiger partial charge in [-0.25, -0.2) is 4.79 Å². The van der Waals surface area contributed by atoms with Gasteiger partial charge in [-0.3, -0.25) is 4.99 Å². The van der Waals surface area contributed by atoms with Crippen molar-refractivity contribution >= 4 is 17.9 Å². The van der Waals surface area contributed by atoms with Crippen LogP contribution >= 0.6 is 0 Å². The largest absolute Gasteiger partial charge is 0.494 e. The molecule has 0 aliphatic carbocycles. The quantitative estimate of drug-likeness (QED) is 0.0573. The van der Waals surface area contributed by atoms with Gasteiger partial charge in [0.25, 0.3) is 0 Å². The highest BCUT2D eigenvalue weighted by molar-refractivity contribution is 5.89. The van der Waals surface area contributed by atoms with Crippen molar-refractivity contribution in [2.75, 3.05) is 13.2 Å². The van der Waals surface area contributed by atoms with Crippen LogP contribution in [0, 0.1) is 0 Å². The molecule has 244 valence electrons. The van der Waals surface area contributed by atoms with Crippen LogP contribution in [-0.4, -0.2) is 25.4 Å². The number of hydrogen-bond donors (Lipinski definition) is 0. The van der Waals surface area contributed by atoms with Gasteiger partial charge in [0.15, 0.2) is 0 Å². The first-order valence-corrected chi connectivity index (χ1v) is 17.4. The van der Waals surface area contributed by atoms with Crippen molar-refractivity contribution in [1.29, 1.82) is 0 Å². The Kier molecular flexibility index (Phi) is 18.2. The number of benzene rings is 3. The zero-order valence-corrected chi connectivity index (χ0v) is 27.8. The molecule has 0 aliphatic heterocycles. The molecule has 0 saturated heterocycles. The summed E-state index contributed by atoms with van der Waals surface area (Å²) in [6.45, 7) is 6.00. The molecule has 0 atom stereocenters. The molecule has 0 spiro atoms. The summed E-state index contributed by atoms with van der Waals surface area (Å²) in [5.41, 5.74) is 3.44. The Hall–Kier alpha value is -3.60. The molecule has 5 heteroatoms. The maximum absolute atomic E-state index is 12.4. The second kappa shape index (κ2) is 22.8. The van der Waals surface area contributed by atoms with Crippen LogP contribution in [0.4, 0.5) is 5.69 Å². The van der Waals surface area contributed by atoms with Crippen molar-refractivity contribution in [1.82, 2.24) is 0 Å².